The van der Waals surface area contributed by atoms with E-state index in [1.165, 1.54) is 24.1 Å². The quantitative estimate of drug-likeness (QED) is 0.712. The highest BCUT2D eigenvalue weighted by Gasteiger charge is 2.20. The van der Waals surface area contributed by atoms with Gasteiger partial charge in [-0.3, -0.25) is 0 Å². The Morgan fingerprint density at radius 3 is 2.24 bits per heavy atom. The van der Waals surface area contributed by atoms with Crippen LogP contribution in [-0.2, 0) is 6.42 Å². The highest BCUT2D eigenvalue weighted by Crippen LogP contribution is 2.29. The van der Waals surface area contributed by atoms with Crippen molar-refractivity contribution in [2.24, 2.45) is 11.7 Å². The maximum atomic E-state index is 6.05. The van der Waals surface area contributed by atoms with E-state index in [1.807, 2.05) is 0 Å². The molecule has 0 saturated heterocycles. The number of benzene rings is 1. The average Bonchev–Trinajstić information content (AvgIpc) is 2.38. The Bertz CT molecular complexity index is 425. The highest BCUT2D eigenvalue weighted by molar-refractivity contribution is 9.10. The summed E-state index contributed by atoms with van der Waals surface area (Å²) in [7, 11) is 0. The summed E-state index contributed by atoms with van der Waals surface area (Å²) in [5.41, 5.74) is 8.76. The summed E-state index contributed by atoms with van der Waals surface area (Å²) in [6.07, 6.45) is 3.28. The number of anilines is 1. The fourth-order valence-corrected chi connectivity index (χ4v) is 3.32. The zero-order valence-corrected chi connectivity index (χ0v) is 15.8. The molecule has 0 aliphatic heterocycles. The Balaban J connectivity index is 3.21. The zero-order valence-electron chi connectivity index (χ0n) is 14.2. The first-order valence-electron chi connectivity index (χ1n) is 8.19. The van der Waals surface area contributed by atoms with Crippen molar-refractivity contribution < 1.29 is 0 Å². The van der Waals surface area contributed by atoms with Gasteiger partial charge in [-0.05, 0) is 55.9 Å². The predicted octanol–water partition coefficient (Wildman–Crippen LogP) is 4.99. The summed E-state index contributed by atoms with van der Waals surface area (Å²) in [5.74, 6) is 0.650. The van der Waals surface area contributed by atoms with Gasteiger partial charge < -0.3 is 10.6 Å². The van der Waals surface area contributed by atoms with Crippen LogP contribution in [-0.4, -0.2) is 18.6 Å². The minimum Gasteiger partial charge on any atom is -0.368 e. The van der Waals surface area contributed by atoms with Crippen LogP contribution in [0.5, 0.6) is 0 Å². The monoisotopic (exact) mass is 354 g/mol. The normalized spacial score (nSPS) is 13.0. The molecule has 2 nitrogen and oxygen atoms in total. The van der Waals surface area contributed by atoms with E-state index in [1.54, 1.807) is 0 Å². The maximum Gasteiger partial charge on any atom is 0.0402 e. The lowest BCUT2D eigenvalue weighted by Crippen LogP contribution is -2.38. The summed E-state index contributed by atoms with van der Waals surface area (Å²) in [6.45, 7) is 12.3. The number of rotatable bonds is 8. The van der Waals surface area contributed by atoms with Gasteiger partial charge in [-0.1, -0.05) is 43.6 Å². The molecule has 0 saturated carbocycles. The van der Waals surface area contributed by atoms with Gasteiger partial charge in [0.15, 0.2) is 0 Å². The lowest BCUT2D eigenvalue weighted by molar-refractivity contribution is 0.505. The van der Waals surface area contributed by atoms with Crippen LogP contribution >= 0.6 is 15.9 Å². The molecule has 0 aliphatic carbocycles. The fraction of sp³-hybridized carbons (Fsp3) is 0.667. The molecule has 1 rings (SSSR count). The molecule has 1 atom stereocenters. The standard InChI is InChI=1S/C18H31BrN2/c1-6-17(7-2)21(12-13(3)4)18-9-8-16(19)11-15(18)10-14(5)20/h8-9,11,13-14,17H,6-7,10,12,20H2,1-5H3. The number of hydrogen-bond donors (Lipinski definition) is 1. The molecule has 0 fully saturated rings. The lowest BCUT2D eigenvalue weighted by atomic mass is 10.0. The Hall–Kier alpha value is -0.540. The number of hydrogen-bond acceptors (Lipinski definition) is 2. The van der Waals surface area contributed by atoms with Crippen LogP contribution in [0.25, 0.3) is 0 Å². The Morgan fingerprint density at radius 2 is 1.76 bits per heavy atom. The predicted molar refractivity (Wildman–Crippen MR) is 98.0 cm³/mol. The second kappa shape index (κ2) is 8.79. The number of nitrogens with zero attached hydrogens (tertiary/aromatic N) is 1. The van der Waals surface area contributed by atoms with Gasteiger partial charge in [-0.15, -0.1) is 0 Å². The van der Waals surface area contributed by atoms with Gasteiger partial charge in [-0.25, -0.2) is 0 Å². The first-order chi connectivity index (χ1) is 9.88. The molecule has 0 radical (unpaired) electrons. The molecule has 0 aromatic heterocycles. The van der Waals surface area contributed by atoms with Crippen LogP contribution in [0.1, 0.15) is 53.0 Å². The summed E-state index contributed by atoms with van der Waals surface area (Å²) in [6, 6.07) is 7.41. The number of halogens is 1. The molecule has 21 heavy (non-hydrogen) atoms. The van der Waals surface area contributed by atoms with Gasteiger partial charge in [0.1, 0.15) is 0 Å². The van der Waals surface area contributed by atoms with Crippen molar-refractivity contribution in [3.63, 3.8) is 0 Å². The summed E-state index contributed by atoms with van der Waals surface area (Å²) in [5, 5.41) is 0. The molecule has 0 bridgehead atoms. The molecular weight excluding hydrogens is 324 g/mol. The minimum atomic E-state index is 0.181. The topological polar surface area (TPSA) is 29.3 Å². The first-order valence-corrected chi connectivity index (χ1v) is 8.98. The van der Waals surface area contributed by atoms with Crippen LogP contribution in [0.15, 0.2) is 22.7 Å². The van der Waals surface area contributed by atoms with E-state index in [-0.39, 0.29) is 6.04 Å². The van der Waals surface area contributed by atoms with Crippen molar-refractivity contribution in [2.75, 3.05) is 11.4 Å². The van der Waals surface area contributed by atoms with Crippen molar-refractivity contribution in [1.82, 2.24) is 0 Å². The minimum absolute atomic E-state index is 0.181. The Kier molecular flexibility index (Phi) is 7.75. The summed E-state index contributed by atoms with van der Waals surface area (Å²) >= 11 is 3.60. The van der Waals surface area contributed by atoms with Crippen molar-refractivity contribution in [2.45, 2.75) is 66.0 Å². The van der Waals surface area contributed by atoms with E-state index < -0.39 is 0 Å². The van der Waals surface area contributed by atoms with E-state index in [4.69, 9.17) is 5.73 Å². The zero-order chi connectivity index (χ0) is 16.0. The molecule has 1 unspecified atom stereocenters. The van der Waals surface area contributed by atoms with Crippen molar-refractivity contribution in [1.29, 1.82) is 0 Å². The molecule has 0 amide bonds. The molecule has 0 spiro atoms. The molecule has 3 heteroatoms. The SMILES string of the molecule is CCC(CC)N(CC(C)C)c1ccc(Br)cc1CC(C)N. The summed E-state index contributed by atoms with van der Waals surface area (Å²) in [4.78, 5) is 2.59. The van der Waals surface area contributed by atoms with Gasteiger partial charge >= 0.3 is 0 Å². The van der Waals surface area contributed by atoms with Crippen LogP contribution in [0.3, 0.4) is 0 Å². The van der Waals surface area contributed by atoms with Crippen LogP contribution < -0.4 is 10.6 Å². The van der Waals surface area contributed by atoms with Crippen molar-refractivity contribution in [3.05, 3.63) is 28.2 Å². The van der Waals surface area contributed by atoms with Crippen LogP contribution in [0.2, 0.25) is 0 Å². The third kappa shape index (κ3) is 5.63. The largest absolute Gasteiger partial charge is 0.368 e. The Labute approximate surface area is 139 Å². The van der Waals surface area contributed by atoms with Crippen LogP contribution in [0.4, 0.5) is 5.69 Å². The van der Waals surface area contributed by atoms with Crippen LogP contribution in [0, 0.1) is 5.92 Å². The average molecular weight is 355 g/mol. The molecule has 2 N–H and O–H groups in total. The van der Waals surface area contributed by atoms with Crippen molar-refractivity contribution in [3.8, 4) is 0 Å². The number of nitrogens with two attached hydrogens (primary N) is 1. The van der Waals surface area contributed by atoms with Gasteiger partial charge in [0, 0.05) is 28.8 Å². The third-order valence-corrected chi connectivity index (χ3v) is 4.33. The van der Waals surface area contributed by atoms with E-state index in [0.717, 1.165) is 17.4 Å². The van der Waals surface area contributed by atoms with Gasteiger partial charge in [-0.2, -0.15) is 0 Å². The molecule has 0 aliphatic rings. The van der Waals surface area contributed by atoms with Gasteiger partial charge in [0.05, 0.1) is 0 Å². The molecule has 1 aromatic carbocycles. The molecule has 120 valence electrons. The second-order valence-electron chi connectivity index (χ2n) is 6.47. The second-order valence-corrected chi connectivity index (χ2v) is 7.39. The van der Waals surface area contributed by atoms with Gasteiger partial charge in [0.2, 0.25) is 0 Å². The first kappa shape index (κ1) is 18.5. The molecule has 0 heterocycles. The molecule has 1 aromatic rings. The summed E-state index contributed by atoms with van der Waals surface area (Å²) < 4.78 is 1.14. The highest BCUT2D eigenvalue weighted by atomic mass is 79.9. The molecular formula is C18H31BrN2. The maximum absolute atomic E-state index is 6.05. The van der Waals surface area contributed by atoms with E-state index in [0.29, 0.717) is 12.0 Å². The van der Waals surface area contributed by atoms with E-state index in [2.05, 4.69) is 73.6 Å². The van der Waals surface area contributed by atoms with Crippen molar-refractivity contribution >= 4 is 21.6 Å². The third-order valence-electron chi connectivity index (χ3n) is 3.84. The Morgan fingerprint density at radius 1 is 1.14 bits per heavy atom. The van der Waals surface area contributed by atoms with E-state index >= 15 is 0 Å². The lowest BCUT2D eigenvalue weighted by Gasteiger charge is -2.36. The smallest absolute Gasteiger partial charge is 0.0402 e. The van der Waals surface area contributed by atoms with E-state index in [9.17, 15) is 0 Å². The van der Waals surface area contributed by atoms with Gasteiger partial charge in [0.25, 0.3) is 0 Å². The fourth-order valence-electron chi connectivity index (χ4n) is 2.91.